The van der Waals surface area contributed by atoms with Crippen molar-refractivity contribution in [1.82, 2.24) is 0 Å². The molecule has 0 aromatic rings. The molecule has 2 aliphatic carbocycles. The van der Waals surface area contributed by atoms with Crippen LogP contribution >= 0.6 is 0 Å². The van der Waals surface area contributed by atoms with E-state index in [9.17, 15) is 4.79 Å². The van der Waals surface area contributed by atoms with Crippen LogP contribution < -0.4 is 0 Å². The highest BCUT2D eigenvalue weighted by molar-refractivity contribution is 5.72. The Hall–Kier alpha value is -0.590. The van der Waals surface area contributed by atoms with Gasteiger partial charge in [-0.1, -0.05) is 39.2 Å². The Balaban J connectivity index is 1.73. The molecule has 0 aliphatic heterocycles. The van der Waals surface area contributed by atoms with E-state index < -0.39 is 0 Å². The summed E-state index contributed by atoms with van der Waals surface area (Å²) in [5.74, 6) is 3.44. The minimum atomic E-state index is 0.491. The molecule has 2 aliphatic rings. The predicted octanol–water partition coefficient (Wildman–Crippen LogP) is 5.15. The Morgan fingerprint density at radius 2 is 1.53 bits per heavy atom. The molecule has 2 rings (SSSR count). The minimum Gasteiger partial charge on any atom is -0.298 e. The molecule has 0 unspecified atom stereocenters. The van der Waals surface area contributed by atoms with Gasteiger partial charge < -0.3 is 0 Å². The first kappa shape index (κ1) is 14.8. The summed E-state index contributed by atoms with van der Waals surface area (Å²) in [5, 5.41) is 0. The van der Waals surface area contributed by atoms with Crippen LogP contribution in [0.25, 0.3) is 0 Å². The fourth-order valence-corrected chi connectivity index (χ4v) is 4.41. The monoisotopic (exact) mass is 262 g/mol. The number of allylic oxidation sites excluding steroid dienone is 1. The third-order valence-electron chi connectivity index (χ3n) is 5.70. The van der Waals surface area contributed by atoms with E-state index in [0.717, 1.165) is 29.6 Å². The second-order valence-corrected chi connectivity index (χ2v) is 6.87. The van der Waals surface area contributed by atoms with Crippen LogP contribution in [0, 0.1) is 23.7 Å². The molecule has 0 heterocycles. The molecule has 2 fully saturated rings. The van der Waals surface area contributed by atoms with Crippen molar-refractivity contribution < 1.29 is 4.79 Å². The van der Waals surface area contributed by atoms with Crippen LogP contribution in [-0.4, -0.2) is 6.29 Å². The van der Waals surface area contributed by atoms with Crippen LogP contribution in [0.3, 0.4) is 0 Å². The van der Waals surface area contributed by atoms with Crippen molar-refractivity contribution in [3.63, 3.8) is 0 Å². The molecule has 0 radical (unpaired) electrons. The molecule has 0 amide bonds. The van der Waals surface area contributed by atoms with Crippen LogP contribution in [0.15, 0.2) is 12.2 Å². The van der Waals surface area contributed by atoms with Crippen LogP contribution in [0.5, 0.6) is 0 Å². The maximum absolute atomic E-state index is 10.8. The van der Waals surface area contributed by atoms with E-state index in [0.29, 0.717) is 5.92 Å². The molecule has 0 aromatic carbocycles. The molecule has 108 valence electrons. The molecular weight excluding hydrogens is 232 g/mol. The SMILES string of the molecule is C=C(C=O)C1CCC(C2CCC(CCC)CC2)CC1. The van der Waals surface area contributed by atoms with Crippen molar-refractivity contribution in [3.8, 4) is 0 Å². The van der Waals surface area contributed by atoms with Crippen LogP contribution in [-0.2, 0) is 4.79 Å². The van der Waals surface area contributed by atoms with Gasteiger partial charge in [-0.05, 0) is 67.8 Å². The van der Waals surface area contributed by atoms with Crippen molar-refractivity contribution in [1.29, 1.82) is 0 Å². The Morgan fingerprint density at radius 1 is 1.00 bits per heavy atom. The van der Waals surface area contributed by atoms with Crippen molar-refractivity contribution in [3.05, 3.63) is 12.2 Å². The standard InChI is InChI=1S/C18H30O/c1-3-4-15-5-7-17(8-6-15)18-11-9-16(10-12-18)14(2)13-19/h13,15-18H,2-12H2,1H3. The quantitative estimate of drug-likeness (QED) is 0.494. The summed E-state index contributed by atoms with van der Waals surface area (Å²) in [5.41, 5.74) is 0.838. The number of hydrogen-bond donors (Lipinski definition) is 0. The summed E-state index contributed by atoms with van der Waals surface area (Å²) in [6.07, 6.45) is 14.7. The highest BCUT2D eigenvalue weighted by Gasteiger charge is 2.31. The maximum atomic E-state index is 10.8. The van der Waals surface area contributed by atoms with E-state index >= 15 is 0 Å². The minimum absolute atomic E-state index is 0.491. The van der Waals surface area contributed by atoms with E-state index in [1.54, 1.807) is 0 Å². The van der Waals surface area contributed by atoms with Crippen LogP contribution in [0.1, 0.15) is 71.1 Å². The molecule has 1 nitrogen and oxygen atoms in total. The molecule has 0 aromatic heterocycles. The Bertz CT molecular complexity index is 291. The maximum Gasteiger partial charge on any atom is 0.145 e. The van der Waals surface area contributed by atoms with Crippen LogP contribution in [0.4, 0.5) is 0 Å². The van der Waals surface area contributed by atoms with E-state index in [2.05, 4.69) is 13.5 Å². The lowest BCUT2D eigenvalue weighted by Gasteiger charge is -2.37. The number of rotatable bonds is 5. The first-order chi connectivity index (χ1) is 9.24. The lowest BCUT2D eigenvalue weighted by molar-refractivity contribution is -0.105. The first-order valence-electron chi connectivity index (χ1n) is 8.38. The van der Waals surface area contributed by atoms with Gasteiger partial charge in [0.1, 0.15) is 6.29 Å². The zero-order valence-corrected chi connectivity index (χ0v) is 12.6. The number of aldehydes is 1. The van der Waals surface area contributed by atoms with Gasteiger partial charge in [-0.2, -0.15) is 0 Å². The molecule has 0 atom stereocenters. The second kappa shape index (κ2) is 7.26. The predicted molar refractivity (Wildman–Crippen MR) is 81.0 cm³/mol. The van der Waals surface area contributed by atoms with Crippen molar-refractivity contribution in [2.45, 2.75) is 71.1 Å². The fourth-order valence-electron chi connectivity index (χ4n) is 4.41. The van der Waals surface area contributed by atoms with Gasteiger partial charge in [0.15, 0.2) is 0 Å². The van der Waals surface area contributed by atoms with Gasteiger partial charge in [-0.3, -0.25) is 4.79 Å². The average Bonchev–Trinajstić information content (AvgIpc) is 2.48. The van der Waals surface area contributed by atoms with E-state index in [-0.39, 0.29) is 0 Å². The van der Waals surface area contributed by atoms with Crippen molar-refractivity contribution in [2.24, 2.45) is 23.7 Å². The Morgan fingerprint density at radius 3 is 2.00 bits per heavy atom. The summed E-state index contributed by atoms with van der Waals surface area (Å²) < 4.78 is 0. The van der Waals surface area contributed by atoms with Crippen molar-refractivity contribution in [2.75, 3.05) is 0 Å². The normalized spacial score (nSPS) is 35.8. The van der Waals surface area contributed by atoms with E-state index in [1.807, 2.05) is 0 Å². The average molecular weight is 262 g/mol. The van der Waals surface area contributed by atoms with Gasteiger partial charge in [0.05, 0.1) is 0 Å². The summed E-state index contributed by atoms with van der Waals surface area (Å²) in [4.78, 5) is 10.8. The van der Waals surface area contributed by atoms with Crippen LogP contribution in [0.2, 0.25) is 0 Å². The van der Waals surface area contributed by atoms with Gasteiger partial charge in [0.25, 0.3) is 0 Å². The zero-order chi connectivity index (χ0) is 13.7. The molecule has 0 saturated heterocycles. The van der Waals surface area contributed by atoms with Gasteiger partial charge in [-0.25, -0.2) is 0 Å². The van der Waals surface area contributed by atoms with Gasteiger partial charge in [-0.15, -0.1) is 0 Å². The lowest BCUT2D eigenvalue weighted by Crippen LogP contribution is -2.26. The van der Waals surface area contributed by atoms with E-state index in [4.69, 9.17) is 0 Å². The Labute approximate surface area is 118 Å². The molecular formula is C18H30O. The summed E-state index contributed by atoms with van der Waals surface area (Å²) in [7, 11) is 0. The second-order valence-electron chi connectivity index (χ2n) is 6.87. The molecule has 0 N–H and O–H groups in total. The van der Waals surface area contributed by atoms with Gasteiger partial charge in [0, 0.05) is 0 Å². The molecule has 19 heavy (non-hydrogen) atoms. The Kier molecular flexibility index (Phi) is 5.66. The summed E-state index contributed by atoms with van der Waals surface area (Å²) >= 11 is 0. The highest BCUT2D eigenvalue weighted by Crippen LogP contribution is 2.43. The van der Waals surface area contributed by atoms with Gasteiger partial charge in [0.2, 0.25) is 0 Å². The molecule has 0 spiro atoms. The topological polar surface area (TPSA) is 17.1 Å². The number of carbonyl (C=O) groups is 1. The lowest BCUT2D eigenvalue weighted by atomic mass is 9.68. The summed E-state index contributed by atoms with van der Waals surface area (Å²) in [6, 6.07) is 0. The third kappa shape index (κ3) is 3.94. The van der Waals surface area contributed by atoms with Crippen molar-refractivity contribution >= 4 is 6.29 Å². The first-order valence-corrected chi connectivity index (χ1v) is 8.38. The molecule has 0 bridgehead atoms. The van der Waals surface area contributed by atoms with E-state index in [1.165, 1.54) is 64.2 Å². The molecule has 2 saturated carbocycles. The van der Waals surface area contributed by atoms with Gasteiger partial charge >= 0.3 is 0 Å². The zero-order valence-electron chi connectivity index (χ0n) is 12.6. The number of carbonyl (C=O) groups excluding carboxylic acids is 1. The third-order valence-corrected chi connectivity index (χ3v) is 5.70. The summed E-state index contributed by atoms with van der Waals surface area (Å²) in [6.45, 7) is 6.21. The number of hydrogen-bond acceptors (Lipinski definition) is 1. The molecule has 1 heteroatoms. The highest BCUT2D eigenvalue weighted by atomic mass is 16.1. The fraction of sp³-hybridized carbons (Fsp3) is 0.833. The largest absolute Gasteiger partial charge is 0.298 e. The smallest absolute Gasteiger partial charge is 0.145 e.